The molecule has 0 aliphatic carbocycles. The van der Waals surface area contributed by atoms with Gasteiger partial charge in [-0.3, -0.25) is 10.1 Å². The van der Waals surface area contributed by atoms with E-state index >= 15 is 0 Å². The van der Waals surface area contributed by atoms with Crippen molar-refractivity contribution in [2.24, 2.45) is 0 Å². The number of rotatable bonds is 3. The van der Waals surface area contributed by atoms with Gasteiger partial charge in [0.15, 0.2) is 0 Å². The Morgan fingerprint density at radius 3 is 2.32 bits per heavy atom. The van der Waals surface area contributed by atoms with E-state index in [9.17, 15) is 25.1 Å². The minimum absolute atomic E-state index is 0.292. The molecule has 1 heterocycles. The Labute approximate surface area is 106 Å². The van der Waals surface area contributed by atoms with Gasteiger partial charge < -0.3 is 15.1 Å². The number of carbonyl (C=O) groups is 1. The van der Waals surface area contributed by atoms with Crippen LogP contribution in [0.15, 0.2) is 36.4 Å². The third-order valence-electron chi connectivity index (χ3n) is 2.29. The van der Waals surface area contributed by atoms with E-state index in [-0.39, 0.29) is 5.56 Å². The lowest BCUT2D eigenvalue weighted by atomic mass is 10.2. The molecule has 1 aromatic carbocycles. The average molecular weight is 264 g/mol. The summed E-state index contributed by atoms with van der Waals surface area (Å²) in [4.78, 5) is 26.5. The zero-order chi connectivity index (χ0) is 14.0. The number of nitro groups is 1. The van der Waals surface area contributed by atoms with Gasteiger partial charge in [-0.25, -0.2) is 4.79 Å². The molecule has 0 spiro atoms. The summed E-state index contributed by atoms with van der Waals surface area (Å²) in [7, 11) is 0. The fraction of sp³-hybridized carbons (Fsp3) is 0. The summed E-state index contributed by atoms with van der Waals surface area (Å²) in [5.74, 6) is -2.09. The van der Waals surface area contributed by atoms with Gasteiger partial charge in [-0.1, -0.05) is 12.1 Å². The topological polar surface area (TPSA) is 115 Å². The first-order chi connectivity index (χ1) is 9.00. The maximum absolute atomic E-state index is 11.8. The monoisotopic (exact) mass is 264 g/mol. The number of hydrogen-bond donors (Lipinski definition) is 2. The Bertz CT molecular complexity index is 629. The van der Waals surface area contributed by atoms with Gasteiger partial charge in [-0.2, -0.15) is 0 Å². The van der Waals surface area contributed by atoms with Gasteiger partial charge in [0.05, 0.1) is 4.92 Å². The summed E-state index contributed by atoms with van der Waals surface area (Å²) < 4.78 is 0.457. The van der Waals surface area contributed by atoms with E-state index in [2.05, 4.69) is 4.84 Å². The van der Waals surface area contributed by atoms with Gasteiger partial charge in [-0.15, -0.1) is 4.73 Å². The summed E-state index contributed by atoms with van der Waals surface area (Å²) in [5.41, 5.74) is -0.723. The van der Waals surface area contributed by atoms with Crippen molar-refractivity contribution >= 4 is 11.7 Å². The molecule has 2 N–H and O–H groups in total. The van der Waals surface area contributed by atoms with Crippen molar-refractivity contribution in [1.29, 1.82) is 0 Å². The van der Waals surface area contributed by atoms with Gasteiger partial charge in [-0.05, 0) is 6.07 Å². The number of hydrogen-bond acceptors (Lipinski definition) is 6. The van der Waals surface area contributed by atoms with E-state index in [4.69, 9.17) is 0 Å². The third-order valence-corrected chi connectivity index (χ3v) is 2.29. The zero-order valence-electron chi connectivity index (χ0n) is 9.39. The van der Waals surface area contributed by atoms with Crippen molar-refractivity contribution in [3.8, 4) is 11.8 Å². The average Bonchev–Trinajstić information content (AvgIpc) is 2.70. The molecule has 8 nitrogen and oxygen atoms in total. The second kappa shape index (κ2) is 4.69. The van der Waals surface area contributed by atoms with Crippen LogP contribution in [0.3, 0.4) is 0 Å². The predicted octanol–water partition coefficient (Wildman–Crippen LogP) is 1.08. The van der Waals surface area contributed by atoms with E-state index in [1.807, 2.05) is 0 Å². The van der Waals surface area contributed by atoms with Crippen LogP contribution >= 0.6 is 0 Å². The van der Waals surface area contributed by atoms with Crippen LogP contribution in [0.5, 0.6) is 11.8 Å². The Kier molecular flexibility index (Phi) is 3.06. The fourth-order valence-corrected chi connectivity index (χ4v) is 1.43. The molecule has 0 fully saturated rings. The number of aromatic hydroxyl groups is 2. The molecule has 0 radical (unpaired) electrons. The van der Waals surface area contributed by atoms with Crippen molar-refractivity contribution in [3.63, 3.8) is 0 Å². The molecule has 0 aliphatic heterocycles. The lowest BCUT2D eigenvalue weighted by Gasteiger charge is -2.06. The highest BCUT2D eigenvalue weighted by molar-refractivity contribution is 5.94. The normalized spacial score (nSPS) is 10.1. The van der Waals surface area contributed by atoms with Gasteiger partial charge in [0.1, 0.15) is 5.56 Å². The second-order valence-corrected chi connectivity index (χ2v) is 3.50. The maximum atomic E-state index is 11.8. The summed E-state index contributed by atoms with van der Waals surface area (Å²) in [5, 5.41) is 29.3. The quantitative estimate of drug-likeness (QED) is 0.633. The molecule has 98 valence electrons. The van der Waals surface area contributed by atoms with Gasteiger partial charge in [0, 0.05) is 18.2 Å². The lowest BCUT2D eigenvalue weighted by Crippen LogP contribution is -2.20. The number of para-hydroxylation sites is 1. The van der Waals surface area contributed by atoms with E-state index in [0.29, 0.717) is 4.73 Å². The van der Waals surface area contributed by atoms with Crippen LogP contribution < -0.4 is 4.84 Å². The molecule has 0 amide bonds. The molecule has 0 atom stereocenters. The molecule has 0 saturated heterocycles. The van der Waals surface area contributed by atoms with Crippen molar-refractivity contribution in [3.05, 3.63) is 52.1 Å². The van der Waals surface area contributed by atoms with Crippen LogP contribution in [0.4, 0.5) is 5.69 Å². The molecule has 0 unspecified atom stereocenters. The SMILES string of the molecule is O=C(On1c(O)ccc1O)c1ccccc1[N+](=O)[O-]. The van der Waals surface area contributed by atoms with Crippen LogP contribution in [0.2, 0.25) is 0 Å². The zero-order valence-corrected chi connectivity index (χ0v) is 9.39. The molecular weight excluding hydrogens is 256 g/mol. The molecule has 1 aromatic heterocycles. The van der Waals surface area contributed by atoms with Gasteiger partial charge in [0.25, 0.3) is 5.69 Å². The number of carbonyl (C=O) groups excluding carboxylic acids is 1. The smallest absolute Gasteiger partial charge is 0.370 e. The molecule has 0 saturated carbocycles. The van der Waals surface area contributed by atoms with Crippen LogP contribution in [0.1, 0.15) is 10.4 Å². The van der Waals surface area contributed by atoms with Crippen LogP contribution in [-0.4, -0.2) is 25.8 Å². The van der Waals surface area contributed by atoms with Gasteiger partial charge >= 0.3 is 5.97 Å². The summed E-state index contributed by atoms with van der Waals surface area (Å²) in [6.45, 7) is 0. The summed E-state index contributed by atoms with van der Waals surface area (Å²) in [6, 6.07) is 7.38. The van der Waals surface area contributed by atoms with E-state index in [1.165, 1.54) is 18.2 Å². The standard InChI is InChI=1S/C11H8N2O6/c14-9-5-6-10(15)12(9)19-11(16)7-3-1-2-4-8(7)13(17)18/h1-6,14-15H. The first-order valence-electron chi connectivity index (χ1n) is 5.06. The molecule has 2 aromatic rings. The first-order valence-corrected chi connectivity index (χ1v) is 5.06. The Hall–Kier alpha value is -3.03. The van der Waals surface area contributed by atoms with E-state index in [0.717, 1.165) is 18.2 Å². The molecular formula is C11H8N2O6. The molecule has 0 bridgehead atoms. The first kappa shape index (κ1) is 12.4. The molecule has 19 heavy (non-hydrogen) atoms. The fourth-order valence-electron chi connectivity index (χ4n) is 1.43. The van der Waals surface area contributed by atoms with E-state index < -0.39 is 28.3 Å². The Morgan fingerprint density at radius 2 is 1.74 bits per heavy atom. The summed E-state index contributed by atoms with van der Waals surface area (Å²) in [6.07, 6.45) is 0. The van der Waals surface area contributed by atoms with Crippen molar-refractivity contribution in [1.82, 2.24) is 4.73 Å². The van der Waals surface area contributed by atoms with Crippen LogP contribution in [-0.2, 0) is 0 Å². The number of aromatic nitrogens is 1. The predicted molar refractivity (Wildman–Crippen MR) is 61.8 cm³/mol. The minimum atomic E-state index is -1.07. The Balaban J connectivity index is 2.33. The molecule has 2 rings (SSSR count). The number of benzene rings is 1. The lowest BCUT2D eigenvalue weighted by molar-refractivity contribution is -0.385. The number of nitro benzene ring substituents is 1. The van der Waals surface area contributed by atoms with Gasteiger partial charge in [0.2, 0.25) is 11.8 Å². The van der Waals surface area contributed by atoms with Crippen molar-refractivity contribution < 1.29 is 24.8 Å². The van der Waals surface area contributed by atoms with Crippen molar-refractivity contribution in [2.75, 3.05) is 0 Å². The maximum Gasteiger partial charge on any atom is 0.370 e. The summed E-state index contributed by atoms with van der Waals surface area (Å²) >= 11 is 0. The van der Waals surface area contributed by atoms with Crippen molar-refractivity contribution in [2.45, 2.75) is 0 Å². The highest BCUT2D eigenvalue weighted by Gasteiger charge is 2.22. The Morgan fingerprint density at radius 1 is 1.16 bits per heavy atom. The highest BCUT2D eigenvalue weighted by Crippen LogP contribution is 2.22. The van der Waals surface area contributed by atoms with E-state index in [1.54, 1.807) is 0 Å². The van der Waals surface area contributed by atoms with Crippen LogP contribution in [0.25, 0.3) is 0 Å². The van der Waals surface area contributed by atoms with Crippen LogP contribution in [0, 0.1) is 10.1 Å². The number of nitrogens with zero attached hydrogens (tertiary/aromatic N) is 2. The second-order valence-electron chi connectivity index (χ2n) is 3.50. The molecule has 0 aliphatic rings. The molecule has 8 heteroatoms. The largest absolute Gasteiger partial charge is 0.492 e. The minimum Gasteiger partial charge on any atom is -0.492 e. The highest BCUT2D eigenvalue weighted by atomic mass is 16.7. The third kappa shape index (κ3) is 2.32.